The lowest BCUT2D eigenvalue weighted by Crippen LogP contribution is -2.50. The Labute approximate surface area is 209 Å². The summed E-state index contributed by atoms with van der Waals surface area (Å²) >= 11 is 0. The number of nitrogens with zero attached hydrogens (tertiary/aromatic N) is 3. The van der Waals surface area contributed by atoms with Crippen LogP contribution in [0.25, 0.3) is 0 Å². The van der Waals surface area contributed by atoms with Gasteiger partial charge in [-0.05, 0) is 50.0 Å². The lowest BCUT2D eigenvalue weighted by atomic mass is 10.1. The van der Waals surface area contributed by atoms with Gasteiger partial charge in [0.2, 0.25) is 0 Å². The molecule has 2 aliphatic rings. The van der Waals surface area contributed by atoms with Gasteiger partial charge < -0.3 is 19.6 Å². The summed E-state index contributed by atoms with van der Waals surface area (Å²) in [6.07, 6.45) is 2.42. The molecule has 13 heteroatoms. The van der Waals surface area contributed by atoms with E-state index in [0.29, 0.717) is 37.2 Å². The Balaban J connectivity index is 1.51. The minimum Gasteiger partial charge on any atom is -0.436 e. The SMILES string of the molecule is C[C@@](CCN1Cc2cc(C#CC#CCOC(=O)N3CCC(O)CC3)cn2C1=O)(C(=O)NO)S(C)(=O)=O. The Morgan fingerprint density at radius 1 is 1.28 bits per heavy atom. The van der Waals surface area contributed by atoms with Crippen LogP contribution in [0.2, 0.25) is 0 Å². The Hall–Kier alpha value is -3.52. The lowest BCUT2D eigenvalue weighted by molar-refractivity contribution is -0.131. The van der Waals surface area contributed by atoms with Crippen molar-refractivity contribution in [2.45, 2.75) is 43.6 Å². The smallest absolute Gasteiger partial charge is 0.410 e. The molecular weight excluding hydrogens is 492 g/mol. The molecule has 1 fully saturated rings. The number of fused-ring (bicyclic) bond motifs is 1. The van der Waals surface area contributed by atoms with Crippen LogP contribution in [0.4, 0.5) is 9.59 Å². The van der Waals surface area contributed by atoms with Crippen LogP contribution >= 0.6 is 0 Å². The van der Waals surface area contributed by atoms with Crippen LogP contribution < -0.4 is 5.48 Å². The standard InChI is InChI=1S/C23H28N4O8S/c1-23(20(29)24-32,36(2,33)34)9-12-26-16-18-14-17(15-27(18)21(26)30)6-4-3-5-13-35-22(31)25-10-7-19(28)8-11-25/h14-15,19,28,32H,7-13,16H2,1-2H3,(H,24,29)/t23-/m1/s1. The normalized spacial score (nSPS) is 17.3. The number of sulfone groups is 1. The number of amides is 3. The van der Waals surface area contributed by atoms with E-state index < -0.39 is 26.6 Å². The van der Waals surface area contributed by atoms with Crippen molar-refractivity contribution in [2.24, 2.45) is 0 Å². The highest BCUT2D eigenvalue weighted by Gasteiger charge is 2.44. The van der Waals surface area contributed by atoms with E-state index in [9.17, 15) is 27.9 Å². The van der Waals surface area contributed by atoms with Crippen LogP contribution in [0.3, 0.4) is 0 Å². The maximum absolute atomic E-state index is 12.7. The first kappa shape index (κ1) is 27.1. The molecule has 0 spiro atoms. The van der Waals surface area contributed by atoms with E-state index in [1.807, 2.05) is 0 Å². The van der Waals surface area contributed by atoms with Gasteiger partial charge in [-0.15, -0.1) is 0 Å². The zero-order chi connectivity index (χ0) is 26.5. The lowest BCUT2D eigenvalue weighted by Gasteiger charge is -2.28. The molecule has 0 saturated carbocycles. The monoisotopic (exact) mass is 520 g/mol. The zero-order valence-electron chi connectivity index (χ0n) is 20.0. The minimum absolute atomic E-state index is 0.0132. The molecule has 36 heavy (non-hydrogen) atoms. The molecule has 1 aromatic heterocycles. The highest BCUT2D eigenvalue weighted by Crippen LogP contribution is 2.25. The predicted molar refractivity (Wildman–Crippen MR) is 126 cm³/mol. The third-order valence-electron chi connectivity index (χ3n) is 6.34. The molecule has 3 amide bonds. The number of likely N-dealkylation sites (tertiary alicyclic amines) is 1. The van der Waals surface area contributed by atoms with Crippen molar-refractivity contribution >= 4 is 27.9 Å². The first-order valence-corrected chi connectivity index (χ1v) is 13.1. The second kappa shape index (κ2) is 11.0. The fraction of sp³-hybridized carbons (Fsp3) is 0.522. The summed E-state index contributed by atoms with van der Waals surface area (Å²) in [5, 5.41) is 18.4. The summed E-state index contributed by atoms with van der Waals surface area (Å²) in [7, 11) is -3.86. The number of nitrogens with one attached hydrogen (secondary N) is 1. The molecule has 1 saturated heterocycles. The Morgan fingerprint density at radius 2 is 1.97 bits per heavy atom. The molecule has 3 heterocycles. The van der Waals surface area contributed by atoms with Gasteiger partial charge in [0.15, 0.2) is 21.2 Å². The van der Waals surface area contributed by atoms with Gasteiger partial charge in [-0.3, -0.25) is 14.6 Å². The number of aromatic nitrogens is 1. The third kappa shape index (κ3) is 5.99. The van der Waals surface area contributed by atoms with Crippen molar-refractivity contribution in [1.82, 2.24) is 19.8 Å². The predicted octanol–water partition coefficient (Wildman–Crippen LogP) is -0.0812. The van der Waals surface area contributed by atoms with Crippen LogP contribution in [-0.4, -0.2) is 94.5 Å². The zero-order valence-corrected chi connectivity index (χ0v) is 20.8. The molecule has 3 rings (SSSR count). The van der Waals surface area contributed by atoms with E-state index in [2.05, 4.69) is 23.7 Å². The van der Waals surface area contributed by atoms with Crippen molar-refractivity contribution in [3.8, 4) is 23.7 Å². The van der Waals surface area contributed by atoms with E-state index in [1.54, 1.807) is 6.07 Å². The van der Waals surface area contributed by atoms with Crippen LogP contribution in [0, 0.1) is 23.7 Å². The van der Waals surface area contributed by atoms with Gasteiger partial charge in [0.05, 0.1) is 12.6 Å². The molecule has 0 aliphatic carbocycles. The van der Waals surface area contributed by atoms with Crippen molar-refractivity contribution in [3.63, 3.8) is 0 Å². The average molecular weight is 521 g/mol. The average Bonchev–Trinajstić information content (AvgIpc) is 3.36. The number of piperidine rings is 1. The molecule has 3 N–H and O–H groups in total. The molecular formula is C23H28N4O8S. The number of aliphatic hydroxyl groups excluding tert-OH is 1. The van der Waals surface area contributed by atoms with Gasteiger partial charge in [0.25, 0.3) is 5.91 Å². The molecule has 0 radical (unpaired) electrons. The van der Waals surface area contributed by atoms with Gasteiger partial charge in [-0.25, -0.2) is 23.5 Å². The van der Waals surface area contributed by atoms with Gasteiger partial charge in [0, 0.05) is 43.3 Å². The number of ether oxygens (including phenoxy) is 1. The van der Waals surface area contributed by atoms with Crippen molar-refractivity contribution in [1.29, 1.82) is 0 Å². The van der Waals surface area contributed by atoms with Crippen molar-refractivity contribution < 1.29 is 37.9 Å². The second-order valence-electron chi connectivity index (χ2n) is 8.81. The minimum atomic E-state index is -3.86. The summed E-state index contributed by atoms with van der Waals surface area (Å²) in [4.78, 5) is 39.5. The Bertz CT molecular complexity index is 1260. The quantitative estimate of drug-likeness (QED) is 0.267. The largest absolute Gasteiger partial charge is 0.436 e. The highest BCUT2D eigenvalue weighted by atomic mass is 32.2. The van der Waals surface area contributed by atoms with Crippen molar-refractivity contribution in [3.05, 3.63) is 23.5 Å². The number of carbonyl (C=O) groups is 3. The Kier molecular flexibility index (Phi) is 8.30. The first-order valence-electron chi connectivity index (χ1n) is 11.2. The van der Waals surface area contributed by atoms with Crippen molar-refractivity contribution in [2.75, 3.05) is 32.5 Å². The molecule has 0 bridgehead atoms. The number of hydroxylamine groups is 1. The summed E-state index contributed by atoms with van der Waals surface area (Å²) < 4.78 is 28.8. The third-order valence-corrected chi connectivity index (χ3v) is 8.36. The van der Waals surface area contributed by atoms with E-state index in [-0.39, 0.29) is 38.3 Å². The molecule has 2 aliphatic heterocycles. The van der Waals surface area contributed by atoms with E-state index >= 15 is 0 Å². The van der Waals surface area contributed by atoms with E-state index in [1.165, 1.54) is 33.0 Å². The fourth-order valence-electron chi connectivity index (χ4n) is 3.82. The van der Waals surface area contributed by atoms with Gasteiger partial charge in [-0.2, -0.15) is 0 Å². The number of carbonyl (C=O) groups excluding carboxylic acids is 3. The number of aliphatic hydroxyl groups is 1. The van der Waals surface area contributed by atoms with E-state index in [0.717, 1.165) is 6.26 Å². The summed E-state index contributed by atoms with van der Waals surface area (Å²) in [6, 6.07) is 1.31. The van der Waals surface area contributed by atoms with Crippen LogP contribution in [0.15, 0.2) is 12.3 Å². The van der Waals surface area contributed by atoms with Gasteiger partial charge in [0.1, 0.15) is 0 Å². The van der Waals surface area contributed by atoms with Crippen LogP contribution in [-0.2, 0) is 25.9 Å². The molecule has 0 unspecified atom stereocenters. The summed E-state index contributed by atoms with van der Waals surface area (Å²) in [5.41, 5.74) is 2.58. The number of hydrogen-bond acceptors (Lipinski definition) is 8. The maximum atomic E-state index is 12.7. The summed E-state index contributed by atoms with van der Waals surface area (Å²) in [5.74, 6) is 9.60. The van der Waals surface area contributed by atoms with Gasteiger partial charge >= 0.3 is 12.1 Å². The van der Waals surface area contributed by atoms with Crippen LogP contribution in [0.5, 0.6) is 0 Å². The molecule has 12 nitrogen and oxygen atoms in total. The number of rotatable bonds is 6. The number of hydrogen-bond donors (Lipinski definition) is 3. The molecule has 0 aromatic carbocycles. The highest BCUT2D eigenvalue weighted by molar-refractivity contribution is 7.92. The second-order valence-corrected chi connectivity index (χ2v) is 11.3. The summed E-state index contributed by atoms with van der Waals surface area (Å²) in [6.45, 7) is 2.16. The first-order chi connectivity index (χ1) is 17.0. The molecule has 194 valence electrons. The van der Waals surface area contributed by atoms with Gasteiger partial charge in [-0.1, -0.05) is 5.92 Å². The fourth-order valence-corrected chi connectivity index (χ4v) is 4.67. The van der Waals surface area contributed by atoms with E-state index in [4.69, 9.17) is 9.94 Å². The van der Waals surface area contributed by atoms with Crippen LogP contribution in [0.1, 0.15) is 37.4 Å². The Morgan fingerprint density at radius 3 is 2.58 bits per heavy atom. The molecule has 1 aromatic rings. The maximum Gasteiger partial charge on any atom is 0.410 e. The topological polar surface area (TPSA) is 158 Å². The molecule has 1 atom stereocenters.